The van der Waals surface area contributed by atoms with Crippen molar-refractivity contribution in [2.45, 2.75) is 39.2 Å². The number of hydrogen-bond donors (Lipinski definition) is 1. The first-order valence-corrected chi connectivity index (χ1v) is 17.4. The maximum absolute atomic E-state index is 12.6. The van der Waals surface area contributed by atoms with Crippen molar-refractivity contribution in [2.24, 2.45) is 5.92 Å². The van der Waals surface area contributed by atoms with Crippen LogP contribution < -0.4 is 0 Å². The third-order valence-corrected chi connectivity index (χ3v) is 9.32. The van der Waals surface area contributed by atoms with Gasteiger partial charge in [-0.05, 0) is 24.1 Å². The van der Waals surface area contributed by atoms with Crippen LogP contribution in [0, 0.1) is 5.92 Å². The Kier molecular flexibility index (Phi) is 11.2. The third kappa shape index (κ3) is 8.23. The normalized spacial score (nSPS) is 14.2. The van der Waals surface area contributed by atoms with E-state index in [0.29, 0.717) is 52.1 Å². The molecular weight excluding hydrogens is 632 g/mol. The minimum atomic E-state index is -1.01. The molecule has 11 heteroatoms. The number of carboxylic acid groups (broad SMARTS) is 1. The average molecular weight is 679 g/mol. The summed E-state index contributed by atoms with van der Waals surface area (Å²) in [5, 5.41) is 10.3. The molecule has 0 aliphatic carbocycles. The minimum Gasteiger partial charge on any atom is -0.469 e. The van der Waals surface area contributed by atoms with Gasteiger partial charge in [0.15, 0.2) is 5.65 Å². The predicted molar refractivity (Wildman–Crippen MR) is 191 cm³/mol. The Morgan fingerprint density at radius 1 is 0.880 bits per heavy atom. The zero-order chi connectivity index (χ0) is 35.0. The van der Waals surface area contributed by atoms with Crippen molar-refractivity contribution in [2.75, 3.05) is 53.0 Å². The van der Waals surface area contributed by atoms with Gasteiger partial charge in [0.2, 0.25) is 5.91 Å². The fraction of sp³-hybridized carbons (Fsp3) is 0.385. The highest BCUT2D eigenvalue weighted by Crippen LogP contribution is 2.33. The molecule has 3 aromatic heterocycles. The summed E-state index contributed by atoms with van der Waals surface area (Å²) in [4.78, 5) is 41.0. The quantitative estimate of drug-likeness (QED) is 0.151. The van der Waals surface area contributed by atoms with Gasteiger partial charge in [0.1, 0.15) is 5.76 Å². The van der Waals surface area contributed by atoms with Gasteiger partial charge in [-0.3, -0.25) is 14.1 Å². The van der Waals surface area contributed by atoms with E-state index in [2.05, 4.69) is 39.8 Å². The third-order valence-electron chi connectivity index (χ3n) is 9.32. The Balaban J connectivity index is 1.45. The van der Waals surface area contributed by atoms with Crippen LogP contribution >= 0.6 is 0 Å². The number of ether oxygens (including phenoxy) is 1. The van der Waals surface area contributed by atoms with Crippen molar-refractivity contribution in [3.8, 4) is 11.3 Å². The van der Waals surface area contributed by atoms with Crippen molar-refractivity contribution in [3.63, 3.8) is 0 Å². The molecule has 1 saturated heterocycles. The van der Waals surface area contributed by atoms with Crippen LogP contribution in [-0.2, 0) is 22.4 Å². The van der Waals surface area contributed by atoms with E-state index in [4.69, 9.17) is 19.1 Å². The average Bonchev–Trinajstić information content (AvgIpc) is 3.78. The molecule has 50 heavy (non-hydrogen) atoms. The van der Waals surface area contributed by atoms with Crippen molar-refractivity contribution in [1.82, 2.24) is 29.1 Å². The monoisotopic (exact) mass is 678 g/mol. The van der Waals surface area contributed by atoms with E-state index in [1.54, 1.807) is 18.2 Å². The number of carbonyl (C=O) groups excluding carboxylic acids is 1. The molecule has 2 amide bonds. The van der Waals surface area contributed by atoms with Crippen LogP contribution in [0.15, 0.2) is 89.7 Å². The molecule has 1 atom stereocenters. The number of aromatic nitrogens is 3. The highest BCUT2D eigenvalue weighted by atomic mass is 16.5. The van der Waals surface area contributed by atoms with E-state index >= 15 is 0 Å². The number of benzene rings is 2. The molecule has 1 aliphatic rings. The second kappa shape index (κ2) is 16.1. The van der Waals surface area contributed by atoms with Crippen LogP contribution in [0.5, 0.6) is 0 Å². The minimum absolute atomic E-state index is 0.0102. The standard InChI is InChI=1S/C39H46N6O5/c1-28(2)38(46)42(3)18-19-44(39(47)48)17-16-35(43-20-23-49-24-21-43)36-32(26-31-15-10-22-50-31)41-37-33(25-29-11-6-4-7-12-29)40-34(27-45(36)37)30-13-8-5-9-14-30/h4-15,22,27-28,35H,16-21,23-26H2,1-3H3,(H,47,48). The number of hydrogen-bond acceptors (Lipinski definition) is 7. The van der Waals surface area contributed by atoms with Crippen LogP contribution in [0.4, 0.5) is 4.79 Å². The second-order valence-corrected chi connectivity index (χ2v) is 13.1. The van der Waals surface area contributed by atoms with Crippen molar-refractivity contribution in [1.29, 1.82) is 0 Å². The lowest BCUT2D eigenvalue weighted by molar-refractivity contribution is -0.133. The summed E-state index contributed by atoms with van der Waals surface area (Å²) in [6.07, 6.45) is 4.32. The van der Waals surface area contributed by atoms with Crippen molar-refractivity contribution >= 4 is 17.6 Å². The first-order valence-electron chi connectivity index (χ1n) is 17.4. The van der Waals surface area contributed by atoms with E-state index in [1.807, 2.05) is 62.4 Å². The van der Waals surface area contributed by atoms with Gasteiger partial charge in [-0.1, -0.05) is 74.5 Å². The molecule has 0 spiro atoms. The molecule has 4 heterocycles. The molecule has 0 bridgehead atoms. The maximum atomic E-state index is 12.6. The van der Waals surface area contributed by atoms with Gasteiger partial charge in [-0.15, -0.1) is 0 Å². The topological polar surface area (TPSA) is 117 Å². The molecule has 1 aliphatic heterocycles. The first-order chi connectivity index (χ1) is 24.3. The van der Waals surface area contributed by atoms with Gasteiger partial charge in [0, 0.05) is 63.9 Å². The zero-order valence-corrected chi connectivity index (χ0v) is 29.1. The predicted octanol–water partition coefficient (Wildman–Crippen LogP) is 6.03. The molecule has 6 rings (SSSR count). The lowest BCUT2D eigenvalue weighted by Crippen LogP contribution is -2.43. The van der Waals surface area contributed by atoms with Gasteiger partial charge in [-0.25, -0.2) is 14.8 Å². The fourth-order valence-electron chi connectivity index (χ4n) is 6.67. The van der Waals surface area contributed by atoms with Crippen LogP contribution in [-0.4, -0.2) is 99.2 Å². The van der Waals surface area contributed by atoms with Crippen molar-refractivity contribution < 1.29 is 23.8 Å². The molecule has 1 N–H and O–H groups in total. The largest absolute Gasteiger partial charge is 0.469 e. The van der Waals surface area contributed by atoms with Gasteiger partial charge in [0.05, 0.1) is 54.7 Å². The summed E-state index contributed by atoms with van der Waals surface area (Å²) < 4.78 is 13.8. The number of amides is 2. The smallest absolute Gasteiger partial charge is 0.407 e. The lowest BCUT2D eigenvalue weighted by atomic mass is 10.0. The molecule has 1 unspecified atom stereocenters. The Morgan fingerprint density at radius 2 is 1.60 bits per heavy atom. The molecule has 0 saturated carbocycles. The molecule has 5 aromatic rings. The maximum Gasteiger partial charge on any atom is 0.407 e. The van der Waals surface area contributed by atoms with Gasteiger partial charge in [0.25, 0.3) is 0 Å². The zero-order valence-electron chi connectivity index (χ0n) is 29.1. The van der Waals surface area contributed by atoms with Gasteiger partial charge in [-0.2, -0.15) is 0 Å². The first kappa shape index (κ1) is 34.8. The van der Waals surface area contributed by atoms with Crippen LogP contribution in [0.1, 0.15) is 54.7 Å². The number of fused-ring (bicyclic) bond motifs is 1. The molecule has 11 nitrogen and oxygen atoms in total. The summed E-state index contributed by atoms with van der Waals surface area (Å²) in [7, 11) is 1.73. The molecule has 2 aromatic carbocycles. The van der Waals surface area contributed by atoms with E-state index < -0.39 is 6.09 Å². The number of furan rings is 1. The number of rotatable bonds is 14. The van der Waals surface area contributed by atoms with E-state index in [9.17, 15) is 14.7 Å². The Labute approximate surface area is 293 Å². The number of morpholine rings is 1. The molecule has 1 fully saturated rings. The Morgan fingerprint density at radius 3 is 2.26 bits per heavy atom. The van der Waals surface area contributed by atoms with Crippen molar-refractivity contribution in [3.05, 3.63) is 114 Å². The fourth-order valence-corrected chi connectivity index (χ4v) is 6.67. The van der Waals surface area contributed by atoms with E-state index in [0.717, 1.165) is 45.3 Å². The lowest BCUT2D eigenvalue weighted by Gasteiger charge is -2.36. The Hall–Kier alpha value is -5.00. The summed E-state index contributed by atoms with van der Waals surface area (Å²) in [6.45, 7) is 7.08. The second-order valence-electron chi connectivity index (χ2n) is 13.1. The highest BCUT2D eigenvalue weighted by molar-refractivity contribution is 5.77. The van der Waals surface area contributed by atoms with E-state index in [1.165, 1.54) is 4.90 Å². The summed E-state index contributed by atoms with van der Waals surface area (Å²) in [6, 6.07) is 24.1. The van der Waals surface area contributed by atoms with Crippen LogP contribution in [0.2, 0.25) is 0 Å². The van der Waals surface area contributed by atoms with Crippen LogP contribution in [0.3, 0.4) is 0 Å². The van der Waals surface area contributed by atoms with Crippen LogP contribution in [0.25, 0.3) is 16.9 Å². The summed E-state index contributed by atoms with van der Waals surface area (Å²) in [5.74, 6) is 0.624. The Bertz CT molecular complexity index is 1850. The molecule has 262 valence electrons. The van der Waals surface area contributed by atoms with Gasteiger partial charge < -0.3 is 24.1 Å². The SMILES string of the molecule is CC(C)C(=O)N(C)CCN(CCC(c1c(Cc2ccco2)nc2c(Cc3ccccc3)nc(-c3ccccc3)cn12)N1CCOCC1)C(=O)O. The summed E-state index contributed by atoms with van der Waals surface area (Å²) >= 11 is 0. The number of likely N-dealkylation sites (N-methyl/N-ethyl adjacent to an activating group) is 1. The number of imidazole rings is 1. The number of nitrogens with zero attached hydrogens (tertiary/aromatic N) is 6. The molecular formula is C39H46N6O5. The summed E-state index contributed by atoms with van der Waals surface area (Å²) in [5.41, 5.74) is 6.44. The van der Waals surface area contributed by atoms with Gasteiger partial charge >= 0.3 is 6.09 Å². The molecule has 0 radical (unpaired) electrons. The number of carbonyl (C=O) groups is 2. The highest BCUT2D eigenvalue weighted by Gasteiger charge is 2.31. The van der Waals surface area contributed by atoms with E-state index in [-0.39, 0.29) is 31.0 Å².